The fourth-order valence-corrected chi connectivity index (χ4v) is 4.96. The van der Waals surface area contributed by atoms with E-state index >= 15 is 0 Å². The summed E-state index contributed by atoms with van der Waals surface area (Å²) in [4.78, 5) is 2.50. The fourth-order valence-electron chi connectivity index (χ4n) is 4.96. The Morgan fingerprint density at radius 3 is 2.52 bits per heavy atom. The van der Waals surface area contributed by atoms with E-state index in [1.165, 1.54) is 16.8 Å². The molecule has 1 spiro atoms. The number of nitrogens with zero attached hydrogens (tertiary/aromatic N) is 3. The number of rotatable bonds is 3. The second-order valence-electron chi connectivity index (χ2n) is 7.88. The number of hydrogen-bond donors (Lipinski definition) is 1. The van der Waals surface area contributed by atoms with Crippen LogP contribution in [0.15, 0.2) is 66.9 Å². The molecule has 0 radical (unpaired) electrons. The summed E-state index contributed by atoms with van der Waals surface area (Å²) in [7, 11) is 0. The second-order valence-corrected chi connectivity index (χ2v) is 7.88. The molecule has 4 nitrogen and oxygen atoms in total. The molecule has 2 aliphatic rings. The average molecular weight is 359 g/mol. The smallest absolute Gasteiger partial charge is 0.0678 e. The first-order valence-corrected chi connectivity index (χ1v) is 9.83. The number of piperidine rings is 1. The van der Waals surface area contributed by atoms with Crippen molar-refractivity contribution in [2.75, 3.05) is 13.1 Å². The summed E-state index contributed by atoms with van der Waals surface area (Å²) in [5.74, 6) is 0. The molecule has 2 heterocycles. The average Bonchev–Trinajstić information content (AvgIpc) is 3.28. The van der Waals surface area contributed by atoms with Gasteiger partial charge < -0.3 is 5.11 Å². The summed E-state index contributed by atoms with van der Waals surface area (Å²) in [6.45, 7) is 2.90. The first-order valence-electron chi connectivity index (χ1n) is 9.83. The lowest BCUT2D eigenvalue weighted by atomic mass is 9.72. The van der Waals surface area contributed by atoms with Crippen LogP contribution in [0, 0.1) is 0 Å². The highest BCUT2D eigenvalue weighted by molar-refractivity contribution is 5.42. The van der Waals surface area contributed by atoms with Crippen LogP contribution < -0.4 is 0 Å². The van der Waals surface area contributed by atoms with Crippen molar-refractivity contribution >= 4 is 0 Å². The maximum atomic E-state index is 10.8. The number of aliphatic hydroxyl groups is 1. The summed E-state index contributed by atoms with van der Waals surface area (Å²) in [5, 5.41) is 15.3. The Bertz CT molecular complexity index is 926. The third kappa shape index (κ3) is 2.80. The minimum atomic E-state index is -0.244. The quantitative estimate of drug-likeness (QED) is 0.780. The third-order valence-corrected chi connectivity index (χ3v) is 6.46. The summed E-state index contributed by atoms with van der Waals surface area (Å²) in [5.41, 5.74) is 4.98. The van der Waals surface area contributed by atoms with Crippen molar-refractivity contribution in [2.45, 2.75) is 37.3 Å². The molecular formula is C23H25N3O. The summed E-state index contributed by atoms with van der Waals surface area (Å²) in [6, 6.07) is 21.0. The van der Waals surface area contributed by atoms with Crippen LogP contribution in [0.2, 0.25) is 0 Å². The maximum Gasteiger partial charge on any atom is 0.0678 e. The van der Waals surface area contributed by atoms with E-state index in [1.807, 2.05) is 29.1 Å². The van der Waals surface area contributed by atoms with Crippen LogP contribution in [-0.2, 0) is 18.4 Å². The Morgan fingerprint density at radius 2 is 1.70 bits per heavy atom. The first kappa shape index (κ1) is 16.7. The summed E-state index contributed by atoms with van der Waals surface area (Å²) in [6.07, 6.45) is 4.48. The lowest BCUT2D eigenvalue weighted by Gasteiger charge is -2.42. The number of benzene rings is 2. The van der Waals surface area contributed by atoms with E-state index in [9.17, 15) is 5.11 Å². The molecule has 1 saturated heterocycles. The van der Waals surface area contributed by atoms with Crippen molar-refractivity contribution in [3.05, 3.63) is 83.7 Å². The SMILES string of the molecule is OC1Cc2ccccc2C12CCN(Cc1ccnn1-c1ccccc1)CC2. The molecule has 4 heteroatoms. The van der Waals surface area contributed by atoms with Gasteiger partial charge in [0.1, 0.15) is 0 Å². The molecular weight excluding hydrogens is 334 g/mol. The van der Waals surface area contributed by atoms with Gasteiger partial charge >= 0.3 is 0 Å². The van der Waals surface area contributed by atoms with E-state index in [0.29, 0.717) is 0 Å². The minimum Gasteiger partial charge on any atom is -0.392 e. The van der Waals surface area contributed by atoms with Crippen LogP contribution in [0.4, 0.5) is 0 Å². The van der Waals surface area contributed by atoms with Crippen molar-refractivity contribution in [1.29, 1.82) is 0 Å². The van der Waals surface area contributed by atoms with Crippen LogP contribution in [-0.4, -0.2) is 39.0 Å². The van der Waals surface area contributed by atoms with Gasteiger partial charge in [-0.2, -0.15) is 5.10 Å². The van der Waals surface area contributed by atoms with Gasteiger partial charge in [0.25, 0.3) is 0 Å². The first-order chi connectivity index (χ1) is 13.3. The Morgan fingerprint density at radius 1 is 0.963 bits per heavy atom. The van der Waals surface area contributed by atoms with E-state index in [0.717, 1.165) is 44.6 Å². The number of aliphatic hydroxyl groups excluding tert-OH is 1. The van der Waals surface area contributed by atoms with Crippen molar-refractivity contribution in [1.82, 2.24) is 14.7 Å². The van der Waals surface area contributed by atoms with Gasteiger partial charge in [0.2, 0.25) is 0 Å². The van der Waals surface area contributed by atoms with E-state index in [4.69, 9.17) is 0 Å². The van der Waals surface area contributed by atoms with Crippen LogP contribution >= 0.6 is 0 Å². The monoisotopic (exact) mass is 359 g/mol. The third-order valence-electron chi connectivity index (χ3n) is 6.46. The van der Waals surface area contributed by atoms with Crippen LogP contribution in [0.1, 0.15) is 29.7 Å². The molecule has 1 fully saturated rings. The van der Waals surface area contributed by atoms with Gasteiger partial charge in [-0.1, -0.05) is 42.5 Å². The molecule has 1 N–H and O–H groups in total. The molecule has 5 rings (SSSR count). The van der Waals surface area contributed by atoms with Gasteiger partial charge in [-0.25, -0.2) is 4.68 Å². The highest BCUT2D eigenvalue weighted by atomic mass is 16.3. The molecule has 1 atom stereocenters. The highest BCUT2D eigenvalue weighted by Gasteiger charge is 2.47. The van der Waals surface area contributed by atoms with Gasteiger partial charge in [0, 0.05) is 18.2 Å². The molecule has 138 valence electrons. The zero-order valence-corrected chi connectivity index (χ0v) is 15.5. The predicted octanol–water partition coefficient (Wildman–Crippen LogP) is 3.32. The summed E-state index contributed by atoms with van der Waals surface area (Å²) >= 11 is 0. The van der Waals surface area contributed by atoms with Gasteiger partial charge in [0.15, 0.2) is 0 Å². The van der Waals surface area contributed by atoms with Gasteiger partial charge in [0.05, 0.1) is 17.5 Å². The van der Waals surface area contributed by atoms with E-state index < -0.39 is 0 Å². The zero-order valence-electron chi connectivity index (χ0n) is 15.5. The normalized spacial score (nSPS) is 21.4. The van der Waals surface area contributed by atoms with E-state index in [1.54, 1.807) is 0 Å². The minimum absolute atomic E-state index is 0.0488. The molecule has 0 bridgehead atoms. The Labute approximate surface area is 160 Å². The van der Waals surface area contributed by atoms with Crippen molar-refractivity contribution in [3.63, 3.8) is 0 Å². The van der Waals surface area contributed by atoms with Crippen molar-refractivity contribution < 1.29 is 5.11 Å². The molecule has 27 heavy (non-hydrogen) atoms. The van der Waals surface area contributed by atoms with Crippen LogP contribution in [0.25, 0.3) is 5.69 Å². The molecule has 1 unspecified atom stereocenters. The number of para-hydroxylation sites is 1. The molecule has 0 amide bonds. The largest absolute Gasteiger partial charge is 0.392 e. The van der Waals surface area contributed by atoms with Gasteiger partial charge in [-0.3, -0.25) is 4.90 Å². The molecule has 1 aromatic heterocycles. The molecule has 0 saturated carbocycles. The Kier molecular flexibility index (Phi) is 4.10. The fraction of sp³-hybridized carbons (Fsp3) is 0.348. The summed E-state index contributed by atoms with van der Waals surface area (Å²) < 4.78 is 2.03. The Hall–Kier alpha value is -2.43. The standard InChI is InChI=1S/C23H25N3O/c27-22-16-18-6-4-5-9-21(18)23(22)11-14-25(15-12-23)17-20-10-13-24-26(20)19-7-2-1-3-8-19/h1-10,13,22,27H,11-12,14-17H2. The van der Waals surface area contributed by atoms with Crippen LogP contribution in [0.5, 0.6) is 0 Å². The number of aromatic nitrogens is 2. The van der Waals surface area contributed by atoms with Crippen molar-refractivity contribution in [3.8, 4) is 5.69 Å². The second kappa shape index (κ2) is 6.63. The number of hydrogen-bond acceptors (Lipinski definition) is 3. The van der Waals surface area contributed by atoms with Crippen LogP contribution in [0.3, 0.4) is 0 Å². The molecule has 1 aliphatic carbocycles. The van der Waals surface area contributed by atoms with Gasteiger partial charge in [-0.15, -0.1) is 0 Å². The molecule has 3 aromatic rings. The van der Waals surface area contributed by atoms with Gasteiger partial charge in [-0.05, 0) is 61.7 Å². The van der Waals surface area contributed by atoms with E-state index in [-0.39, 0.29) is 11.5 Å². The lowest BCUT2D eigenvalue weighted by Crippen LogP contribution is -2.47. The maximum absolute atomic E-state index is 10.8. The topological polar surface area (TPSA) is 41.3 Å². The zero-order chi connectivity index (χ0) is 18.3. The molecule has 2 aromatic carbocycles. The Balaban J connectivity index is 1.32. The van der Waals surface area contributed by atoms with Crippen molar-refractivity contribution in [2.24, 2.45) is 0 Å². The lowest BCUT2D eigenvalue weighted by molar-refractivity contribution is 0.0409. The highest BCUT2D eigenvalue weighted by Crippen LogP contribution is 2.46. The number of likely N-dealkylation sites (tertiary alicyclic amines) is 1. The predicted molar refractivity (Wildman–Crippen MR) is 106 cm³/mol. The molecule has 1 aliphatic heterocycles. The van der Waals surface area contributed by atoms with E-state index in [2.05, 4.69) is 52.5 Å². The number of fused-ring (bicyclic) bond motifs is 2.